The fraction of sp³-hybridized carbons (Fsp3) is 0.417. The summed E-state index contributed by atoms with van der Waals surface area (Å²) in [6.07, 6.45) is 0. The van der Waals surface area contributed by atoms with E-state index in [2.05, 4.69) is 0 Å². The van der Waals surface area contributed by atoms with Crippen LogP contribution >= 0.6 is 0 Å². The molecule has 0 aromatic heterocycles. The Balaban J connectivity index is 3.00. The molecular formula is C12H16FO. The lowest BCUT2D eigenvalue weighted by molar-refractivity contribution is 0.337. The van der Waals surface area contributed by atoms with Gasteiger partial charge in [0.05, 0.1) is 13.3 Å². The van der Waals surface area contributed by atoms with E-state index in [1.165, 1.54) is 0 Å². The smallest absolute Gasteiger partial charge is 0.122 e. The van der Waals surface area contributed by atoms with Gasteiger partial charge in [-0.1, -0.05) is 19.1 Å². The van der Waals surface area contributed by atoms with Crippen molar-refractivity contribution in [3.8, 4) is 5.75 Å². The fourth-order valence-electron chi connectivity index (χ4n) is 1.46. The van der Waals surface area contributed by atoms with Crippen LogP contribution in [0.3, 0.4) is 0 Å². The Bertz CT molecular complexity index is 296. The molecule has 0 spiro atoms. The van der Waals surface area contributed by atoms with Gasteiger partial charge in [0, 0.05) is 5.92 Å². The van der Waals surface area contributed by atoms with Crippen molar-refractivity contribution in [3.05, 3.63) is 35.2 Å². The van der Waals surface area contributed by atoms with E-state index in [9.17, 15) is 4.39 Å². The molecule has 14 heavy (non-hydrogen) atoms. The molecule has 1 rings (SSSR count). The maximum absolute atomic E-state index is 12.5. The summed E-state index contributed by atoms with van der Waals surface area (Å²) >= 11 is 0. The Morgan fingerprint density at radius 3 is 2.71 bits per heavy atom. The Morgan fingerprint density at radius 1 is 1.43 bits per heavy atom. The molecule has 1 aromatic rings. The summed E-state index contributed by atoms with van der Waals surface area (Å²) in [5.74, 6) is 1.60. The molecule has 77 valence electrons. The van der Waals surface area contributed by atoms with Crippen molar-refractivity contribution in [1.82, 2.24) is 0 Å². The molecule has 0 amide bonds. The molecule has 0 fully saturated rings. The largest absolute Gasteiger partial charge is 0.494 e. The number of benzene rings is 1. The molecule has 2 heteroatoms. The van der Waals surface area contributed by atoms with Crippen molar-refractivity contribution in [3.63, 3.8) is 0 Å². The monoisotopic (exact) mass is 195 g/mol. The van der Waals surface area contributed by atoms with Crippen molar-refractivity contribution in [1.29, 1.82) is 0 Å². The van der Waals surface area contributed by atoms with Crippen LogP contribution in [0.5, 0.6) is 5.75 Å². The third-order valence-corrected chi connectivity index (χ3v) is 2.24. The average molecular weight is 195 g/mol. The van der Waals surface area contributed by atoms with E-state index in [-0.39, 0.29) is 0 Å². The molecular weight excluding hydrogens is 179 g/mol. The van der Waals surface area contributed by atoms with Crippen LogP contribution < -0.4 is 4.74 Å². The molecule has 0 saturated heterocycles. The lowest BCUT2D eigenvalue weighted by Crippen LogP contribution is -2.02. The van der Waals surface area contributed by atoms with Gasteiger partial charge in [0.25, 0.3) is 0 Å². The van der Waals surface area contributed by atoms with E-state index in [4.69, 9.17) is 4.74 Å². The van der Waals surface area contributed by atoms with Gasteiger partial charge in [-0.2, -0.15) is 0 Å². The van der Waals surface area contributed by atoms with E-state index >= 15 is 0 Å². The summed E-state index contributed by atoms with van der Waals surface area (Å²) in [5, 5.41) is 0. The third kappa shape index (κ3) is 2.25. The highest BCUT2D eigenvalue weighted by Gasteiger charge is 2.11. The zero-order valence-electron chi connectivity index (χ0n) is 8.93. The quantitative estimate of drug-likeness (QED) is 0.716. The summed E-state index contributed by atoms with van der Waals surface area (Å²) < 4.78 is 17.9. The van der Waals surface area contributed by atoms with E-state index < -0.39 is 6.67 Å². The molecule has 0 aliphatic heterocycles. The average Bonchev–Trinajstić information content (AvgIpc) is 2.20. The van der Waals surface area contributed by atoms with Crippen LogP contribution in [0.2, 0.25) is 0 Å². The summed E-state index contributed by atoms with van der Waals surface area (Å²) in [7, 11) is 0. The third-order valence-electron chi connectivity index (χ3n) is 2.24. The van der Waals surface area contributed by atoms with E-state index in [1.807, 2.05) is 32.0 Å². The van der Waals surface area contributed by atoms with Gasteiger partial charge >= 0.3 is 0 Å². The number of hydrogen-bond donors (Lipinski definition) is 0. The SMILES string of the molecule is CCOc1cccc([C](C)CF)c1C. The number of hydrogen-bond acceptors (Lipinski definition) is 1. The van der Waals surface area contributed by atoms with E-state index in [0.29, 0.717) is 6.61 Å². The Hall–Kier alpha value is -1.05. The summed E-state index contributed by atoms with van der Waals surface area (Å²) in [6, 6.07) is 5.73. The lowest BCUT2D eigenvalue weighted by Gasteiger charge is -2.14. The molecule has 1 nitrogen and oxygen atoms in total. The minimum atomic E-state index is -0.406. The normalized spacial score (nSPS) is 10.6. The van der Waals surface area contributed by atoms with Gasteiger partial charge in [-0.05, 0) is 31.0 Å². The number of halogens is 1. The van der Waals surface area contributed by atoms with Crippen LogP contribution in [-0.2, 0) is 0 Å². The van der Waals surface area contributed by atoms with Crippen LogP contribution in [0, 0.1) is 12.8 Å². The van der Waals surface area contributed by atoms with E-state index in [0.717, 1.165) is 22.8 Å². The van der Waals surface area contributed by atoms with Gasteiger partial charge in [0.2, 0.25) is 0 Å². The van der Waals surface area contributed by atoms with Crippen LogP contribution in [-0.4, -0.2) is 13.3 Å². The van der Waals surface area contributed by atoms with Crippen LogP contribution in [0.25, 0.3) is 0 Å². The molecule has 0 saturated carbocycles. The minimum absolute atomic E-state index is 0.406. The number of alkyl halides is 1. The second-order valence-electron chi connectivity index (χ2n) is 3.28. The Labute approximate surface area is 84.9 Å². The second-order valence-corrected chi connectivity index (χ2v) is 3.28. The van der Waals surface area contributed by atoms with Crippen molar-refractivity contribution < 1.29 is 9.13 Å². The first kappa shape index (κ1) is 11.0. The highest BCUT2D eigenvalue weighted by Crippen LogP contribution is 2.26. The topological polar surface area (TPSA) is 9.23 Å². The molecule has 0 atom stereocenters. The van der Waals surface area contributed by atoms with Gasteiger partial charge in [-0.15, -0.1) is 0 Å². The summed E-state index contributed by atoms with van der Waals surface area (Å²) in [5.41, 5.74) is 1.97. The number of ether oxygens (including phenoxy) is 1. The maximum Gasteiger partial charge on any atom is 0.122 e. The highest BCUT2D eigenvalue weighted by atomic mass is 19.1. The molecule has 1 radical (unpaired) electrons. The van der Waals surface area contributed by atoms with Crippen LogP contribution in [0.1, 0.15) is 25.0 Å². The molecule has 1 aromatic carbocycles. The first-order valence-electron chi connectivity index (χ1n) is 4.81. The summed E-state index contributed by atoms with van der Waals surface area (Å²) in [6.45, 7) is 5.94. The first-order chi connectivity index (χ1) is 6.70. The molecule has 0 N–H and O–H groups in total. The van der Waals surface area contributed by atoms with Crippen molar-refractivity contribution >= 4 is 0 Å². The summed E-state index contributed by atoms with van der Waals surface area (Å²) in [4.78, 5) is 0. The van der Waals surface area contributed by atoms with Gasteiger partial charge in [0.15, 0.2) is 0 Å². The molecule has 0 aliphatic rings. The van der Waals surface area contributed by atoms with Crippen molar-refractivity contribution in [2.24, 2.45) is 0 Å². The Morgan fingerprint density at radius 2 is 2.14 bits per heavy atom. The molecule has 0 heterocycles. The Kier molecular flexibility index (Phi) is 3.93. The molecule has 0 aliphatic carbocycles. The van der Waals surface area contributed by atoms with Crippen LogP contribution in [0.4, 0.5) is 4.39 Å². The standard InChI is InChI=1S/C12H16FO/c1-4-14-12-7-5-6-11(10(12)3)9(2)8-13/h5-7H,4,8H2,1-3H3. The van der Waals surface area contributed by atoms with Gasteiger partial charge in [0.1, 0.15) is 5.75 Å². The van der Waals surface area contributed by atoms with Gasteiger partial charge in [-0.25, -0.2) is 0 Å². The molecule has 0 unspecified atom stereocenters. The van der Waals surface area contributed by atoms with Crippen LogP contribution in [0.15, 0.2) is 18.2 Å². The predicted octanol–water partition coefficient (Wildman–Crippen LogP) is 3.31. The van der Waals surface area contributed by atoms with Gasteiger partial charge < -0.3 is 4.74 Å². The molecule has 0 bridgehead atoms. The van der Waals surface area contributed by atoms with Gasteiger partial charge in [-0.3, -0.25) is 4.39 Å². The predicted molar refractivity (Wildman–Crippen MR) is 56.3 cm³/mol. The fourth-order valence-corrected chi connectivity index (χ4v) is 1.46. The van der Waals surface area contributed by atoms with E-state index in [1.54, 1.807) is 6.92 Å². The zero-order chi connectivity index (χ0) is 10.6. The van der Waals surface area contributed by atoms with Crippen molar-refractivity contribution in [2.45, 2.75) is 20.8 Å². The second kappa shape index (κ2) is 4.99. The number of rotatable bonds is 4. The van der Waals surface area contributed by atoms with Crippen molar-refractivity contribution in [2.75, 3.05) is 13.3 Å². The maximum atomic E-state index is 12.5. The zero-order valence-corrected chi connectivity index (χ0v) is 8.93. The first-order valence-corrected chi connectivity index (χ1v) is 4.81. The lowest BCUT2D eigenvalue weighted by atomic mass is 9.97. The minimum Gasteiger partial charge on any atom is -0.494 e. The highest BCUT2D eigenvalue weighted by molar-refractivity contribution is 5.45.